The van der Waals surface area contributed by atoms with Gasteiger partial charge in [0.15, 0.2) is 0 Å². The minimum Gasteiger partial charge on any atom is -0.617 e. The molecule has 0 amide bonds. The molecule has 0 aromatic carbocycles. The highest BCUT2D eigenvalue weighted by Crippen LogP contribution is 2.24. The Hall–Kier alpha value is -1.71. The minimum absolute atomic E-state index is 0.00000327. The smallest absolute Gasteiger partial charge is 0.264 e. The first-order chi connectivity index (χ1) is 9.98. The summed E-state index contributed by atoms with van der Waals surface area (Å²) in [5.74, 6) is 1.06. The third kappa shape index (κ3) is 4.39. The molecular weight excluding hydrogens is 276 g/mol. The lowest BCUT2D eigenvalue weighted by Crippen LogP contribution is -2.53. The third-order valence-electron chi connectivity index (χ3n) is 3.54. The second-order valence-corrected chi connectivity index (χ2v) is 7.60. The number of rotatable bonds is 4. The Morgan fingerprint density at radius 1 is 1.27 bits per heavy atom. The molecule has 1 aromatic heterocycles. The molecule has 124 valence electrons. The highest BCUT2D eigenvalue weighted by atomic mass is 16.6. The van der Waals surface area contributed by atoms with E-state index in [0.717, 1.165) is 0 Å². The van der Waals surface area contributed by atoms with E-state index in [9.17, 15) is 5.11 Å². The van der Waals surface area contributed by atoms with Crippen molar-refractivity contribution in [1.29, 1.82) is 0 Å². The maximum Gasteiger partial charge on any atom is 0.264 e. The molecule has 1 atom stereocenters. The molecule has 1 heterocycles. The van der Waals surface area contributed by atoms with Crippen LogP contribution in [0.1, 0.15) is 60.2 Å². The maximum absolute atomic E-state index is 11.2. The van der Waals surface area contributed by atoms with Crippen LogP contribution >= 0.6 is 0 Å². The molecule has 0 radical (unpaired) electrons. The van der Waals surface area contributed by atoms with E-state index in [1.807, 2.05) is 6.08 Å². The summed E-state index contributed by atoms with van der Waals surface area (Å²) in [6, 6.07) is 0. The summed E-state index contributed by atoms with van der Waals surface area (Å²) < 4.78 is 9.22. The number of hydrogen-bond acceptors (Lipinski definition) is 2. The Bertz CT molecular complexity index is 523. The average Bonchev–Trinajstić information content (AvgIpc) is 2.82. The van der Waals surface area contributed by atoms with Crippen LogP contribution in [-0.4, -0.2) is 11.7 Å². The Balaban J connectivity index is 3.28. The zero-order valence-corrected chi connectivity index (χ0v) is 15.2. The lowest BCUT2D eigenvalue weighted by Gasteiger charge is -2.23. The lowest BCUT2D eigenvalue weighted by atomic mass is 10.0. The van der Waals surface area contributed by atoms with Crippen LogP contribution in [0.25, 0.3) is 0 Å². The minimum atomic E-state index is -0.335. The molecule has 4 heteroatoms. The number of hydrogen-bond donors (Lipinski definition) is 0. The fourth-order valence-electron chi connectivity index (χ4n) is 2.43. The Morgan fingerprint density at radius 2 is 1.86 bits per heavy atom. The van der Waals surface area contributed by atoms with E-state index in [-0.39, 0.29) is 22.9 Å². The van der Waals surface area contributed by atoms with Gasteiger partial charge in [-0.3, -0.25) is 0 Å². The van der Waals surface area contributed by atoms with Gasteiger partial charge < -0.3 is 9.84 Å². The first-order valence-corrected chi connectivity index (χ1v) is 7.72. The van der Waals surface area contributed by atoms with Crippen molar-refractivity contribution in [1.82, 2.24) is 4.57 Å². The van der Waals surface area contributed by atoms with Crippen LogP contribution in [0.5, 0.6) is 0 Å². The first kappa shape index (κ1) is 18.3. The van der Waals surface area contributed by atoms with Crippen LogP contribution in [0, 0.1) is 0 Å². The third-order valence-corrected chi connectivity index (χ3v) is 3.54. The SMILES string of the molecule is CO/C([O-])=C/C=C\C(C)c1n(C(C)(C)C)cc[n+]1C(C)(C)C. The number of imidazole rings is 1. The highest BCUT2D eigenvalue weighted by Gasteiger charge is 2.33. The highest BCUT2D eigenvalue weighted by molar-refractivity contribution is 5.11. The Labute approximate surface area is 134 Å². The van der Waals surface area contributed by atoms with Gasteiger partial charge in [-0.25, -0.2) is 9.13 Å². The summed E-state index contributed by atoms with van der Waals surface area (Å²) >= 11 is 0. The summed E-state index contributed by atoms with van der Waals surface area (Å²) in [5, 5.41) is 11.2. The molecule has 0 aliphatic rings. The van der Waals surface area contributed by atoms with Crippen molar-refractivity contribution in [3.8, 4) is 0 Å². The van der Waals surface area contributed by atoms with E-state index < -0.39 is 0 Å². The Morgan fingerprint density at radius 3 is 2.32 bits per heavy atom. The van der Waals surface area contributed by atoms with E-state index in [0.29, 0.717) is 0 Å². The summed E-state index contributed by atoms with van der Waals surface area (Å²) in [6.45, 7) is 15.3. The molecule has 0 saturated heterocycles. The normalized spacial score (nSPS) is 15.4. The summed E-state index contributed by atoms with van der Waals surface area (Å²) in [6.07, 6.45) is 9.51. The van der Waals surface area contributed by atoms with Crippen LogP contribution in [0.2, 0.25) is 0 Å². The molecule has 1 unspecified atom stereocenters. The van der Waals surface area contributed by atoms with Crippen molar-refractivity contribution in [3.05, 3.63) is 42.4 Å². The summed E-state index contributed by atoms with van der Waals surface area (Å²) in [7, 11) is 1.38. The van der Waals surface area contributed by atoms with E-state index in [1.54, 1.807) is 6.08 Å². The molecule has 0 bridgehead atoms. The van der Waals surface area contributed by atoms with Gasteiger partial charge in [0.2, 0.25) is 0 Å². The molecular formula is C18H30N2O2. The number of methoxy groups -OCH3 is 1. The van der Waals surface area contributed by atoms with Gasteiger partial charge in [0.1, 0.15) is 23.5 Å². The molecule has 0 spiro atoms. The van der Waals surface area contributed by atoms with Crippen LogP contribution in [0.4, 0.5) is 0 Å². The van der Waals surface area contributed by atoms with Crippen LogP contribution in [0.15, 0.2) is 36.6 Å². The van der Waals surface area contributed by atoms with Gasteiger partial charge in [0.05, 0.1) is 11.9 Å². The van der Waals surface area contributed by atoms with Gasteiger partial charge in [-0.2, -0.15) is 0 Å². The number of nitrogens with zero attached hydrogens (tertiary/aromatic N) is 2. The van der Waals surface area contributed by atoms with Crippen molar-refractivity contribution in [3.63, 3.8) is 0 Å². The van der Waals surface area contributed by atoms with Crippen LogP contribution < -0.4 is 9.67 Å². The quantitative estimate of drug-likeness (QED) is 0.487. The first-order valence-electron chi connectivity index (χ1n) is 7.72. The fourth-order valence-corrected chi connectivity index (χ4v) is 2.43. The second kappa shape index (κ2) is 6.59. The topological polar surface area (TPSA) is 41.1 Å². The van der Waals surface area contributed by atoms with Gasteiger partial charge in [0, 0.05) is 0 Å². The molecule has 0 fully saturated rings. The standard InChI is InChI=1S/C18H30N2O2/c1-14(10-9-11-15(21)22-8)16-19(17(2,3)4)12-13-20(16)18(5,6)7/h9-14H,1-8H3/b10-9-,15-11+. The molecule has 0 aliphatic heterocycles. The number of ether oxygens (including phenoxy) is 1. The van der Waals surface area contributed by atoms with Crippen molar-refractivity contribution in [2.24, 2.45) is 0 Å². The van der Waals surface area contributed by atoms with Gasteiger partial charge in [0.25, 0.3) is 5.82 Å². The molecule has 0 N–H and O–H groups in total. The van der Waals surface area contributed by atoms with Gasteiger partial charge >= 0.3 is 0 Å². The molecule has 0 aliphatic carbocycles. The molecule has 22 heavy (non-hydrogen) atoms. The van der Waals surface area contributed by atoms with E-state index in [2.05, 4.69) is 74.7 Å². The van der Waals surface area contributed by atoms with E-state index in [4.69, 9.17) is 0 Å². The molecule has 1 aromatic rings. The Kier molecular flexibility index (Phi) is 5.49. The maximum atomic E-state index is 11.2. The van der Waals surface area contributed by atoms with Crippen molar-refractivity contribution in [2.75, 3.05) is 7.11 Å². The predicted molar refractivity (Wildman–Crippen MR) is 87.3 cm³/mol. The van der Waals surface area contributed by atoms with Crippen LogP contribution in [0.3, 0.4) is 0 Å². The van der Waals surface area contributed by atoms with Gasteiger partial charge in [-0.05, 0) is 61.7 Å². The lowest BCUT2D eigenvalue weighted by molar-refractivity contribution is -0.760. The van der Waals surface area contributed by atoms with Crippen molar-refractivity contribution >= 4 is 0 Å². The molecule has 1 rings (SSSR count). The largest absolute Gasteiger partial charge is 0.617 e. The van der Waals surface area contributed by atoms with Crippen LogP contribution in [-0.2, 0) is 15.8 Å². The fraction of sp³-hybridized carbons (Fsp3) is 0.611. The predicted octanol–water partition coefficient (Wildman–Crippen LogP) is 2.79. The number of allylic oxidation sites excluding steroid dienone is 3. The molecule has 4 nitrogen and oxygen atoms in total. The summed E-state index contributed by atoms with van der Waals surface area (Å²) in [5.41, 5.74) is -0.00000654. The summed E-state index contributed by atoms with van der Waals surface area (Å²) in [4.78, 5) is 0. The zero-order valence-electron chi connectivity index (χ0n) is 15.2. The zero-order chi connectivity index (χ0) is 17.1. The number of aromatic nitrogens is 2. The monoisotopic (exact) mass is 306 g/mol. The second-order valence-electron chi connectivity index (χ2n) is 7.60. The van der Waals surface area contributed by atoms with Gasteiger partial charge in [-0.1, -0.05) is 12.2 Å². The van der Waals surface area contributed by atoms with Crippen molar-refractivity contribution in [2.45, 2.75) is 65.5 Å². The average molecular weight is 306 g/mol. The van der Waals surface area contributed by atoms with Crippen molar-refractivity contribution < 1.29 is 14.4 Å². The molecule has 0 saturated carbocycles. The van der Waals surface area contributed by atoms with Gasteiger partial charge in [-0.15, -0.1) is 0 Å². The van der Waals surface area contributed by atoms with E-state index in [1.165, 1.54) is 19.0 Å². The van der Waals surface area contributed by atoms with E-state index >= 15 is 0 Å².